The standard InChI is InChI=1S/C11H18N2OS/c1-8(6-12-3)11(14)13-9(2)10-4-5-15-7-10/h4-5,7-9,12H,6H2,1-3H3,(H,13,14). The van der Waals surface area contributed by atoms with Gasteiger partial charge in [-0.2, -0.15) is 11.3 Å². The molecule has 3 nitrogen and oxygen atoms in total. The summed E-state index contributed by atoms with van der Waals surface area (Å²) in [6.45, 7) is 4.64. The molecule has 0 aliphatic heterocycles. The maximum atomic E-state index is 11.7. The summed E-state index contributed by atoms with van der Waals surface area (Å²) < 4.78 is 0. The maximum Gasteiger partial charge on any atom is 0.224 e. The van der Waals surface area contributed by atoms with Crippen LogP contribution < -0.4 is 10.6 Å². The molecule has 15 heavy (non-hydrogen) atoms. The summed E-state index contributed by atoms with van der Waals surface area (Å²) in [4.78, 5) is 11.7. The van der Waals surface area contributed by atoms with Gasteiger partial charge in [-0.3, -0.25) is 4.79 Å². The number of nitrogens with one attached hydrogen (secondary N) is 2. The predicted molar refractivity (Wildman–Crippen MR) is 64.0 cm³/mol. The van der Waals surface area contributed by atoms with Gasteiger partial charge >= 0.3 is 0 Å². The van der Waals surface area contributed by atoms with Crippen molar-refractivity contribution in [2.75, 3.05) is 13.6 Å². The van der Waals surface area contributed by atoms with E-state index in [9.17, 15) is 4.79 Å². The molecule has 1 aromatic heterocycles. The molecule has 2 atom stereocenters. The molecule has 0 spiro atoms. The van der Waals surface area contributed by atoms with Gasteiger partial charge in [0.05, 0.1) is 6.04 Å². The van der Waals surface area contributed by atoms with E-state index in [1.165, 1.54) is 5.56 Å². The molecule has 1 aromatic rings. The zero-order chi connectivity index (χ0) is 11.3. The van der Waals surface area contributed by atoms with E-state index in [4.69, 9.17) is 0 Å². The Kier molecular flexibility index (Phi) is 4.78. The van der Waals surface area contributed by atoms with Gasteiger partial charge in [-0.15, -0.1) is 0 Å². The summed E-state index contributed by atoms with van der Waals surface area (Å²) in [5, 5.41) is 10.1. The van der Waals surface area contributed by atoms with Gasteiger partial charge < -0.3 is 10.6 Å². The van der Waals surface area contributed by atoms with Gasteiger partial charge in [0.2, 0.25) is 5.91 Å². The van der Waals surface area contributed by atoms with E-state index < -0.39 is 0 Å². The first kappa shape index (κ1) is 12.2. The minimum absolute atomic E-state index is 0.0103. The molecule has 0 aliphatic rings. The van der Waals surface area contributed by atoms with Gasteiger partial charge in [-0.05, 0) is 36.4 Å². The molecule has 2 unspecified atom stereocenters. The van der Waals surface area contributed by atoms with Crippen molar-refractivity contribution < 1.29 is 4.79 Å². The van der Waals surface area contributed by atoms with Crippen LogP contribution in [0.4, 0.5) is 0 Å². The van der Waals surface area contributed by atoms with Crippen LogP contribution in [0.25, 0.3) is 0 Å². The Labute approximate surface area is 94.9 Å². The second-order valence-electron chi connectivity index (χ2n) is 3.75. The number of hydrogen-bond donors (Lipinski definition) is 2. The first-order valence-corrected chi connectivity index (χ1v) is 6.06. The fourth-order valence-corrected chi connectivity index (χ4v) is 2.11. The molecule has 4 heteroatoms. The zero-order valence-electron chi connectivity index (χ0n) is 9.41. The molecule has 1 rings (SSSR count). The molecule has 84 valence electrons. The van der Waals surface area contributed by atoms with Crippen LogP contribution in [0.1, 0.15) is 25.5 Å². The maximum absolute atomic E-state index is 11.7. The second kappa shape index (κ2) is 5.88. The van der Waals surface area contributed by atoms with Crippen molar-refractivity contribution in [1.82, 2.24) is 10.6 Å². The smallest absolute Gasteiger partial charge is 0.224 e. The second-order valence-corrected chi connectivity index (χ2v) is 4.53. The zero-order valence-corrected chi connectivity index (χ0v) is 10.2. The molecule has 0 aliphatic carbocycles. The van der Waals surface area contributed by atoms with E-state index >= 15 is 0 Å². The average molecular weight is 226 g/mol. The molecule has 1 amide bonds. The molecule has 0 bridgehead atoms. The number of carbonyl (C=O) groups excluding carboxylic acids is 1. The van der Waals surface area contributed by atoms with E-state index in [-0.39, 0.29) is 17.9 Å². The SMILES string of the molecule is CNCC(C)C(=O)NC(C)c1ccsc1. The monoisotopic (exact) mass is 226 g/mol. The third-order valence-electron chi connectivity index (χ3n) is 2.36. The van der Waals surface area contributed by atoms with Crippen molar-refractivity contribution in [2.24, 2.45) is 5.92 Å². The number of amides is 1. The van der Waals surface area contributed by atoms with Gasteiger partial charge in [-0.1, -0.05) is 6.92 Å². The molecular formula is C11H18N2OS. The lowest BCUT2D eigenvalue weighted by molar-refractivity contribution is -0.125. The fourth-order valence-electron chi connectivity index (χ4n) is 1.36. The summed E-state index contributed by atoms with van der Waals surface area (Å²) in [6, 6.07) is 2.14. The summed E-state index contributed by atoms with van der Waals surface area (Å²) in [5.74, 6) is 0.110. The minimum atomic E-state index is 0.0103. The summed E-state index contributed by atoms with van der Waals surface area (Å²) in [7, 11) is 1.85. The van der Waals surface area contributed by atoms with E-state index in [2.05, 4.69) is 16.0 Å². The lowest BCUT2D eigenvalue weighted by Gasteiger charge is -2.16. The number of thiophene rings is 1. The van der Waals surface area contributed by atoms with Crippen molar-refractivity contribution >= 4 is 17.2 Å². The molecule has 0 radical (unpaired) electrons. The normalized spacial score (nSPS) is 14.6. The van der Waals surface area contributed by atoms with Crippen molar-refractivity contribution in [3.8, 4) is 0 Å². The molecule has 0 aromatic carbocycles. The quantitative estimate of drug-likeness (QED) is 0.803. The molecule has 0 saturated heterocycles. The first-order valence-electron chi connectivity index (χ1n) is 5.12. The van der Waals surface area contributed by atoms with E-state index in [0.29, 0.717) is 6.54 Å². The van der Waals surface area contributed by atoms with Crippen molar-refractivity contribution in [1.29, 1.82) is 0 Å². The lowest BCUT2D eigenvalue weighted by atomic mass is 10.1. The Balaban J connectivity index is 2.44. The number of carbonyl (C=O) groups is 1. The van der Waals surface area contributed by atoms with Crippen LogP contribution in [0.5, 0.6) is 0 Å². The van der Waals surface area contributed by atoms with Gasteiger partial charge in [0.15, 0.2) is 0 Å². The predicted octanol–water partition coefficient (Wildman–Crippen LogP) is 1.78. The van der Waals surface area contributed by atoms with Crippen LogP contribution in [0.2, 0.25) is 0 Å². The van der Waals surface area contributed by atoms with E-state index in [1.807, 2.05) is 32.3 Å². The van der Waals surface area contributed by atoms with Crippen molar-refractivity contribution in [2.45, 2.75) is 19.9 Å². The van der Waals surface area contributed by atoms with Crippen LogP contribution in [0, 0.1) is 5.92 Å². The topological polar surface area (TPSA) is 41.1 Å². The van der Waals surface area contributed by atoms with Gasteiger partial charge in [0, 0.05) is 12.5 Å². The molecular weight excluding hydrogens is 208 g/mol. The Bertz CT molecular complexity index is 298. The molecule has 0 saturated carbocycles. The highest BCUT2D eigenvalue weighted by atomic mass is 32.1. The molecule has 0 fully saturated rings. The Hall–Kier alpha value is -0.870. The van der Waals surface area contributed by atoms with Crippen molar-refractivity contribution in [3.63, 3.8) is 0 Å². The average Bonchev–Trinajstić information content (AvgIpc) is 2.70. The van der Waals surface area contributed by atoms with Gasteiger partial charge in [-0.25, -0.2) is 0 Å². The van der Waals surface area contributed by atoms with Gasteiger partial charge in [0.25, 0.3) is 0 Å². The number of rotatable bonds is 5. The highest BCUT2D eigenvalue weighted by Crippen LogP contribution is 2.15. The van der Waals surface area contributed by atoms with Crippen LogP contribution in [0.3, 0.4) is 0 Å². The highest BCUT2D eigenvalue weighted by molar-refractivity contribution is 7.07. The van der Waals surface area contributed by atoms with Crippen molar-refractivity contribution in [3.05, 3.63) is 22.4 Å². The van der Waals surface area contributed by atoms with E-state index in [0.717, 1.165) is 0 Å². The Morgan fingerprint density at radius 3 is 2.80 bits per heavy atom. The summed E-state index contributed by atoms with van der Waals surface area (Å²) >= 11 is 1.65. The third-order valence-corrected chi connectivity index (χ3v) is 3.06. The third kappa shape index (κ3) is 3.64. The van der Waals surface area contributed by atoms with E-state index in [1.54, 1.807) is 11.3 Å². The Morgan fingerprint density at radius 2 is 2.27 bits per heavy atom. The largest absolute Gasteiger partial charge is 0.349 e. The first-order chi connectivity index (χ1) is 7.15. The van der Waals surface area contributed by atoms with Crippen LogP contribution in [-0.2, 0) is 4.79 Å². The molecule has 2 N–H and O–H groups in total. The number of hydrogen-bond acceptors (Lipinski definition) is 3. The van der Waals surface area contributed by atoms with Crippen LogP contribution >= 0.6 is 11.3 Å². The van der Waals surface area contributed by atoms with Gasteiger partial charge in [0.1, 0.15) is 0 Å². The van der Waals surface area contributed by atoms with Crippen LogP contribution in [0.15, 0.2) is 16.8 Å². The lowest BCUT2D eigenvalue weighted by Crippen LogP contribution is -2.35. The highest BCUT2D eigenvalue weighted by Gasteiger charge is 2.15. The minimum Gasteiger partial charge on any atom is -0.349 e. The Morgan fingerprint density at radius 1 is 1.53 bits per heavy atom. The summed E-state index contributed by atoms with van der Waals surface area (Å²) in [5.41, 5.74) is 1.17. The fraction of sp³-hybridized carbons (Fsp3) is 0.545. The molecule has 1 heterocycles. The summed E-state index contributed by atoms with van der Waals surface area (Å²) in [6.07, 6.45) is 0. The van der Waals surface area contributed by atoms with Crippen LogP contribution in [-0.4, -0.2) is 19.5 Å².